The summed E-state index contributed by atoms with van der Waals surface area (Å²) in [6.07, 6.45) is 57.4. The van der Waals surface area contributed by atoms with Crippen molar-refractivity contribution in [1.29, 1.82) is 0 Å². The minimum absolute atomic E-state index is 0.141. The van der Waals surface area contributed by atoms with Crippen molar-refractivity contribution in [3.8, 4) is 0 Å². The van der Waals surface area contributed by atoms with Crippen LogP contribution >= 0.6 is 0 Å². The number of hydrogen-bond donors (Lipinski definition) is 6. The first-order chi connectivity index (χ1) is 32.3. The number of unbranched alkanes of at least 4 members (excludes halogenated alkanes) is 23. The average Bonchev–Trinajstić information content (AvgIpc) is 3.32. The summed E-state index contributed by atoms with van der Waals surface area (Å²) in [5.74, 6) is -0.153. The van der Waals surface area contributed by atoms with Crippen molar-refractivity contribution in [1.82, 2.24) is 5.32 Å². The number of allylic oxidation sites excluding steroid dienone is 12. The van der Waals surface area contributed by atoms with Gasteiger partial charge in [0.05, 0.1) is 25.4 Å². The minimum atomic E-state index is -1.55. The van der Waals surface area contributed by atoms with E-state index in [0.29, 0.717) is 12.8 Å². The molecule has 1 fully saturated rings. The number of amides is 1. The maximum absolute atomic E-state index is 12.9. The lowest BCUT2D eigenvalue weighted by molar-refractivity contribution is -0.302. The molecule has 0 spiro atoms. The highest BCUT2D eigenvalue weighted by atomic mass is 16.7. The summed E-state index contributed by atoms with van der Waals surface area (Å²) >= 11 is 0. The van der Waals surface area contributed by atoms with E-state index in [1.54, 1.807) is 0 Å². The van der Waals surface area contributed by atoms with Crippen molar-refractivity contribution in [3.05, 3.63) is 72.9 Å². The number of carbonyl (C=O) groups excluding carboxylic acids is 1. The van der Waals surface area contributed by atoms with Gasteiger partial charge >= 0.3 is 0 Å². The standard InChI is InChI=1S/C57H101NO8/c1-3-5-7-9-10-11-12-13-14-15-16-17-18-19-20-21-22-23-24-25-26-27-28-29-30-31-32-33-34-35-36-37-38-39-40-41-42-43-45-47-53(61)58-50(51(60)46-44-8-6-4-2)49-65-57-56(64)55(63)54(62)52(48-59)66-57/h5,7,10-11,13-14,16-17,19-20,22-23,50-52,54-57,59-60,62-64H,3-4,6,8-9,12,15,18,21,24-49H2,1-2H3,(H,58,61)/b7-5-,11-10-,14-13-,17-16-,20-19-,23-22-. The fourth-order valence-corrected chi connectivity index (χ4v) is 8.28. The Labute approximate surface area is 404 Å². The van der Waals surface area contributed by atoms with E-state index in [4.69, 9.17) is 9.47 Å². The second kappa shape index (κ2) is 46.4. The van der Waals surface area contributed by atoms with Gasteiger partial charge in [0, 0.05) is 6.42 Å². The normalized spacial score (nSPS) is 20.4. The van der Waals surface area contributed by atoms with Crippen molar-refractivity contribution in [3.63, 3.8) is 0 Å². The van der Waals surface area contributed by atoms with Crippen LogP contribution in [-0.2, 0) is 14.3 Å². The molecule has 7 unspecified atom stereocenters. The van der Waals surface area contributed by atoms with Gasteiger partial charge in [-0.3, -0.25) is 4.79 Å². The van der Waals surface area contributed by atoms with Gasteiger partial charge in [-0.15, -0.1) is 0 Å². The Kier molecular flexibility index (Phi) is 43.3. The number of ether oxygens (including phenoxy) is 2. The van der Waals surface area contributed by atoms with Crippen molar-refractivity contribution >= 4 is 5.91 Å². The lowest BCUT2D eigenvalue weighted by atomic mass is 9.99. The van der Waals surface area contributed by atoms with E-state index in [2.05, 4.69) is 92.1 Å². The number of rotatable bonds is 45. The Morgan fingerprint density at radius 3 is 1.38 bits per heavy atom. The monoisotopic (exact) mass is 928 g/mol. The van der Waals surface area contributed by atoms with Gasteiger partial charge in [0.1, 0.15) is 24.4 Å². The Morgan fingerprint density at radius 2 is 0.939 bits per heavy atom. The number of hydrogen-bond acceptors (Lipinski definition) is 8. The molecule has 1 amide bonds. The van der Waals surface area contributed by atoms with Crippen LogP contribution < -0.4 is 5.32 Å². The topological polar surface area (TPSA) is 149 Å². The van der Waals surface area contributed by atoms with E-state index in [9.17, 15) is 30.3 Å². The van der Waals surface area contributed by atoms with E-state index in [-0.39, 0.29) is 12.5 Å². The molecule has 0 radical (unpaired) electrons. The van der Waals surface area contributed by atoms with Gasteiger partial charge in [-0.1, -0.05) is 228 Å². The van der Waals surface area contributed by atoms with E-state index >= 15 is 0 Å². The molecule has 0 aromatic heterocycles. The predicted octanol–water partition coefficient (Wildman–Crippen LogP) is 12.9. The molecule has 0 saturated carbocycles. The SMILES string of the molecule is CC/C=C\C/C=C\C/C=C\C/C=C\C/C=C\C/C=C\CCCCCCCCCCCCCCCCCCCCCCC(=O)NC(COC1OC(CO)C(O)C(O)C1O)C(O)CCCCCC. The summed E-state index contributed by atoms with van der Waals surface area (Å²) < 4.78 is 11.2. The second-order valence-corrected chi connectivity index (χ2v) is 18.6. The molecular weight excluding hydrogens is 827 g/mol. The van der Waals surface area contributed by atoms with Crippen molar-refractivity contribution in [2.24, 2.45) is 0 Å². The Balaban J connectivity index is 1.94. The molecule has 382 valence electrons. The van der Waals surface area contributed by atoms with Gasteiger partial charge in [0.25, 0.3) is 0 Å². The smallest absolute Gasteiger partial charge is 0.220 e. The highest BCUT2D eigenvalue weighted by Crippen LogP contribution is 2.23. The van der Waals surface area contributed by atoms with Gasteiger partial charge in [0.15, 0.2) is 6.29 Å². The fraction of sp³-hybridized carbons (Fsp3) is 0.772. The molecule has 1 aliphatic rings. The summed E-state index contributed by atoms with van der Waals surface area (Å²) in [6.45, 7) is 3.59. The summed E-state index contributed by atoms with van der Waals surface area (Å²) in [7, 11) is 0. The molecule has 0 aliphatic carbocycles. The molecule has 0 bridgehead atoms. The Morgan fingerprint density at radius 1 is 0.530 bits per heavy atom. The summed E-state index contributed by atoms with van der Waals surface area (Å²) in [5.41, 5.74) is 0. The largest absolute Gasteiger partial charge is 0.394 e. The third-order valence-corrected chi connectivity index (χ3v) is 12.6. The molecule has 1 aliphatic heterocycles. The molecule has 7 atom stereocenters. The van der Waals surface area contributed by atoms with Gasteiger partial charge in [0.2, 0.25) is 5.91 Å². The van der Waals surface area contributed by atoms with E-state index < -0.39 is 49.5 Å². The maximum Gasteiger partial charge on any atom is 0.220 e. The maximum atomic E-state index is 12.9. The van der Waals surface area contributed by atoms with Crippen LogP contribution in [0.25, 0.3) is 0 Å². The highest BCUT2D eigenvalue weighted by Gasteiger charge is 2.44. The Bertz CT molecular complexity index is 1260. The Hall–Kier alpha value is -2.37. The third kappa shape index (κ3) is 35.7. The summed E-state index contributed by atoms with van der Waals surface area (Å²) in [4.78, 5) is 12.9. The lowest BCUT2D eigenvalue weighted by Crippen LogP contribution is -2.60. The van der Waals surface area contributed by atoms with E-state index in [0.717, 1.165) is 83.5 Å². The van der Waals surface area contributed by atoms with Crippen LogP contribution in [0.5, 0.6) is 0 Å². The zero-order valence-electron chi connectivity index (χ0n) is 42.2. The number of nitrogens with one attached hydrogen (secondary N) is 1. The first-order valence-electron chi connectivity index (χ1n) is 27.1. The molecule has 66 heavy (non-hydrogen) atoms. The molecule has 9 nitrogen and oxygen atoms in total. The molecule has 1 rings (SSSR count). The quantitative estimate of drug-likeness (QED) is 0.0261. The number of aliphatic hydroxyl groups excluding tert-OH is 5. The average molecular weight is 928 g/mol. The molecule has 6 N–H and O–H groups in total. The van der Waals surface area contributed by atoms with Gasteiger partial charge in [-0.2, -0.15) is 0 Å². The van der Waals surface area contributed by atoms with Crippen molar-refractivity contribution < 1.29 is 39.8 Å². The van der Waals surface area contributed by atoms with Crippen LogP contribution in [0.3, 0.4) is 0 Å². The predicted molar refractivity (Wildman–Crippen MR) is 276 cm³/mol. The fourth-order valence-electron chi connectivity index (χ4n) is 8.28. The van der Waals surface area contributed by atoms with Gasteiger partial charge in [-0.25, -0.2) is 0 Å². The highest BCUT2D eigenvalue weighted by molar-refractivity contribution is 5.76. The van der Waals surface area contributed by atoms with Crippen LogP contribution in [0.1, 0.15) is 226 Å². The van der Waals surface area contributed by atoms with Crippen LogP contribution in [0, 0.1) is 0 Å². The molecule has 1 heterocycles. The molecule has 1 saturated heterocycles. The van der Waals surface area contributed by atoms with E-state index in [1.165, 1.54) is 116 Å². The molecule has 0 aromatic rings. The number of aliphatic hydroxyl groups is 5. The zero-order chi connectivity index (χ0) is 48.0. The minimum Gasteiger partial charge on any atom is -0.394 e. The van der Waals surface area contributed by atoms with Crippen molar-refractivity contribution in [2.75, 3.05) is 13.2 Å². The molecule has 0 aromatic carbocycles. The summed E-state index contributed by atoms with van der Waals surface area (Å²) in [6, 6.07) is -0.715. The van der Waals surface area contributed by atoms with Gasteiger partial charge < -0.3 is 40.3 Å². The first-order valence-corrected chi connectivity index (χ1v) is 27.1. The third-order valence-electron chi connectivity index (χ3n) is 12.6. The zero-order valence-corrected chi connectivity index (χ0v) is 42.2. The van der Waals surface area contributed by atoms with E-state index in [1.807, 2.05) is 0 Å². The van der Waals surface area contributed by atoms with Crippen LogP contribution in [0.15, 0.2) is 72.9 Å². The van der Waals surface area contributed by atoms with Crippen LogP contribution in [-0.4, -0.2) is 87.5 Å². The van der Waals surface area contributed by atoms with Gasteiger partial charge in [-0.05, 0) is 64.2 Å². The summed E-state index contributed by atoms with van der Waals surface area (Å²) in [5, 5.41) is 53.8. The molecule has 9 heteroatoms. The van der Waals surface area contributed by atoms with Crippen LogP contribution in [0.2, 0.25) is 0 Å². The second-order valence-electron chi connectivity index (χ2n) is 18.6. The lowest BCUT2D eigenvalue weighted by Gasteiger charge is -2.40. The molecular formula is C57H101NO8. The van der Waals surface area contributed by atoms with Crippen molar-refractivity contribution in [2.45, 2.75) is 269 Å². The number of carbonyl (C=O) groups is 1. The first kappa shape index (κ1) is 61.6. The van der Waals surface area contributed by atoms with Crippen LogP contribution in [0.4, 0.5) is 0 Å².